The summed E-state index contributed by atoms with van der Waals surface area (Å²) in [5.74, 6) is 0.236. The predicted molar refractivity (Wildman–Crippen MR) is 102 cm³/mol. The van der Waals surface area contributed by atoms with Crippen LogP contribution in [0.5, 0.6) is 5.75 Å². The number of rotatable bonds is 5. The van der Waals surface area contributed by atoms with Crippen LogP contribution in [0.3, 0.4) is 0 Å². The van der Waals surface area contributed by atoms with Gasteiger partial charge in [-0.1, -0.05) is 59.6 Å². The van der Waals surface area contributed by atoms with Gasteiger partial charge in [-0.25, -0.2) is 5.43 Å². The van der Waals surface area contributed by atoms with E-state index in [1.165, 1.54) is 6.21 Å². The topological polar surface area (TPSA) is 50.7 Å². The smallest absolute Gasteiger partial charge is 0.277 e. The summed E-state index contributed by atoms with van der Waals surface area (Å²) in [5.41, 5.74) is 2.92. The summed E-state index contributed by atoms with van der Waals surface area (Å²) in [6, 6.07) is 18.7. The van der Waals surface area contributed by atoms with Crippen LogP contribution in [-0.2, 0) is 4.79 Å². The third-order valence-corrected chi connectivity index (χ3v) is 4.13. The van der Waals surface area contributed by atoms with E-state index in [2.05, 4.69) is 10.5 Å². The monoisotopic (exact) mass is 372 g/mol. The number of carbonyl (C=O) groups excluding carboxylic acids is 1. The minimum absolute atomic E-state index is 0.147. The van der Waals surface area contributed by atoms with Crippen molar-refractivity contribution < 1.29 is 9.53 Å². The number of hydrazone groups is 1. The first kappa shape index (κ1) is 17.3. The highest BCUT2D eigenvalue weighted by molar-refractivity contribution is 6.38. The van der Waals surface area contributed by atoms with Crippen LogP contribution in [0.15, 0.2) is 65.8 Å². The number of ether oxygens (including phenoxy) is 1. The van der Waals surface area contributed by atoms with E-state index in [9.17, 15) is 4.79 Å². The van der Waals surface area contributed by atoms with Crippen molar-refractivity contribution in [2.24, 2.45) is 5.10 Å². The number of fused-ring (bicyclic) bond motifs is 1. The Morgan fingerprint density at radius 3 is 2.48 bits per heavy atom. The number of nitrogens with one attached hydrogen (secondary N) is 1. The first-order valence-corrected chi connectivity index (χ1v) is 8.26. The molecule has 0 saturated heterocycles. The first-order chi connectivity index (χ1) is 12.1. The predicted octanol–water partition coefficient (Wildman–Crippen LogP) is 4.68. The molecule has 0 bridgehead atoms. The second-order valence-electron chi connectivity index (χ2n) is 5.23. The highest BCUT2D eigenvalue weighted by Gasteiger charge is 2.04. The standard InChI is InChI=1S/C19H14Cl2N2O2/c20-17-6-3-7-18(21)16(17)11-22-23-19(24)12-25-15-9-8-13-4-1-2-5-14(13)10-15/h1-11H,12H2,(H,23,24)/b22-11-. The lowest BCUT2D eigenvalue weighted by atomic mass is 10.1. The molecule has 3 aromatic carbocycles. The van der Waals surface area contributed by atoms with Crippen LogP contribution in [0.25, 0.3) is 10.8 Å². The lowest BCUT2D eigenvalue weighted by molar-refractivity contribution is -0.123. The maximum Gasteiger partial charge on any atom is 0.277 e. The molecule has 0 aliphatic heterocycles. The van der Waals surface area contributed by atoms with Gasteiger partial charge in [-0.3, -0.25) is 4.79 Å². The summed E-state index contributed by atoms with van der Waals surface area (Å²) in [6.45, 7) is -0.147. The Hall–Kier alpha value is -2.56. The van der Waals surface area contributed by atoms with Crippen LogP contribution >= 0.6 is 23.2 Å². The van der Waals surface area contributed by atoms with Crippen molar-refractivity contribution in [1.29, 1.82) is 0 Å². The minimum Gasteiger partial charge on any atom is -0.484 e. The summed E-state index contributed by atoms with van der Waals surface area (Å²) >= 11 is 12.0. The highest BCUT2D eigenvalue weighted by Crippen LogP contribution is 2.22. The maximum absolute atomic E-state index is 11.8. The highest BCUT2D eigenvalue weighted by atomic mass is 35.5. The van der Waals surface area contributed by atoms with Gasteiger partial charge in [0, 0.05) is 5.56 Å². The number of nitrogens with zero attached hydrogens (tertiary/aromatic N) is 1. The molecule has 0 atom stereocenters. The Bertz CT molecular complexity index is 921. The van der Waals surface area contributed by atoms with Crippen molar-refractivity contribution in [3.8, 4) is 5.75 Å². The molecular formula is C19H14Cl2N2O2. The summed E-state index contributed by atoms with van der Waals surface area (Å²) in [4.78, 5) is 11.8. The van der Waals surface area contributed by atoms with Gasteiger partial charge in [0.2, 0.25) is 0 Å². The van der Waals surface area contributed by atoms with Crippen molar-refractivity contribution >= 4 is 46.1 Å². The molecule has 1 amide bonds. The molecular weight excluding hydrogens is 359 g/mol. The summed E-state index contributed by atoms with van der Waals surface area (Å²) in [5, 5.41) is 6.92. The fraction of sp³-hybridized carbons (Fsp3) is 0.0526. The van der Waals surface area contributed by atoms with E-state index in [4.69, 9.17) is 27.9 Å². The van der Waals surface area contributed by atoms with Crippen molar-refractivity contribution in [1.82, 2.24) is 5.43 Å². The molecule has 0 heterocycles. The van der Waals surface area contributed by atoms with E-state index < -0.39 is 0 Å². The molecule has 1 N–H and O–H groups in total. The normalized spacial score (nSPS) is 11.0. The molecule has 4 nitrogen and oxygen atoms in total. The minimum atomic E-state index is -0.382. The van der Waals surface area contributed by atoms with Gasteiger partial charge >= 0.3 is 0 Å². The van der Waals surface area contributed by atoms with Gasteiger partial charge in [0.1, 0.15) is 5.75 Å². The Morgan fingerprint density at radius 2 is 1.72 bits per heavy atom. The van der Waals surface area contributed by atoms with Crippen LogP contribution in [-0.4, -0.2) is 18.7 Å². The van der Waals surface area contributed by atoms with Gasteiger partial charge in [0.25, 0.3) is 5.91 Å². The van der Waals surface area contributed by atoms with E-state index in [1.54, 1.807) is 18.2 Å². The molecule has 3 rings (SSSR count). The molecule has 3 aromatic rings. The Labute approximate surface area is 155 Å². The molecule has 126 valence electrons. The van der Waals surface area contributed by atoms with Gasteiger partial charge in [-0.15, -0.1) is 0 Å². The van der Waals surface area contributed by atoms with E-state index in [0.717, 1.165) is 10.8 Å². The van der Waals surface area contributed by atoms with Gasteiger partial charge in [-0.2, -0.15) is 5.10 Å². The van der Waals surface area contributed by atoms with Crippen molar-refractivity contribution in [2.75, 3.05) is 6.61 Å². The zero-order valence-electron chi connectivity index (χ0n) is 13.1. The molecule has 0 saturated carbocycles. The summed E-state index contributed by atoms with van der Waals surface area (Å²) in [6.07, 6.45) is 1.40. The number of hydrogen-bond acceptors (Lipinski definition) is 3. The third-order valence-electron chi connectivity index (χ3n) is 3.47. The SMILES string of the molecule is O=C(COc1ccc2ccccc2c1)N/N=C\c1c(Cl)cccc1Cl. The van der Waals surface area contributed by atoms with Crippen LogP contribution < -0.4 is 10.2 Å². The fourth-order valence-electron chi connectivity index (χ4n) is 2.24. The van der Waals surface area contributed by atoms with Crippen LogP contribution in [0.2, 0.25) is 10.0 Å². The number of halogens is 2. The first-order valence-electron chi connectivity index (χ1n) is 7.51. The molecule has 0 aliphatic rings. The second kappa shape index (κ2) is 8.01. The Balaban J connectivity index is 1.56. The van der Waals surface area contributed by atoms with Crippen molar-refractivity contribution in [3.63, 3.8) is 0 Å². The molecule has 0 fully saturated rings. The fourth-order valence-corrected chi connectivity index (χ4v) is 2.74. The van der Waals surface area contributed by atoms with E-state index in [0.29, 0.717) is 21.4 Å². The largest absolute Gasteiger partial charge is 0.484 e. The second-order valence-corrected chi connectivity index (χ2v) is 6.04. The van der Waals surface area contributed by atoms with Crippen molar-refractivity contribution in [2.45, 2.75) is 0 Å². The van der Waals surface area contributed by atoms with E-state index in [1.807, 2.05) is 42.5 Å². The number of carbonyl (C=O) groups is 1. The zero-order chi connectivity index (χ0) is 17.6. The van der Waals surface area contributed by atoms with Crippen LogP contribution in [0, 0.1) is 0 Å². The summed E-state index contributed by atoms with van der Waals surface area (Å²) < 4.78 is 5.49. The van der Waals surface area contributed by atoms with Crippen molar-refractivity contribution in [3.05, 3.63) is 76.3 Å². The number of benzene rings is 3. The molecule has 0 aromatic heterocycles. The molecule has 0 radical (unpaired) electrons. The lowest BCUT2D eigenvalue weighted by Gasteiger charge is -2.06. The summed E-state index contributed by atoms with van der Waals surface area (Å²) in [7, 11) is 0. The van der Waals surface area contributed by atoms with Gasteiger partial charge in [0.15, 0.2) is 6.61 Å². The quantitative estimate of drug-likeness (QED) is 0.522. The van der Waals surface area contributed by atoms with E-state index in [-0.39, 0.29) is 12.5 Å². The van der Waals surface area contributed by atoms with Crippen LogP contribution in [0.4, 0.5) is 0 Å². The average molecular weight is 373 g/mol. The molecule has 0 unspecified atom stereocenters. The average Bonchev–Trinajstić information content (AvgIpc) is 2.62. The number of hydrogen-bond donors (Lipinski definition) is 1. The molecule has 0 spiro atoms. The lowest BCUT2D eigenvalue weighted by Crippen LogP contribution is -2.24. The van der Waals surface area contributed by atoms with Gasteiger partial charge < -0.3 is 4.74 Å². The van der Waals surface area contributed by atoms with Gasteiger partial charge in [-0.05, 0) is 35.0 Å². The van der Waals surface area contributed by atoms with Gasteiger partial charge in [0.05, 0.1) is 16.3 Å². The Morgan fingerprint density at radius 1 is 1.00 bits per heavy atom. The van der Waals surface area contributed by atoms with E-state index >= 15 is 0 Å². The third kappa shape index (κ3) is 4.50. The maximum atomic E-state index is 11.8. The molecule has 0 aliphatic carbocycles. The van der Waals surface area contributed by atoms with Crippen LogP contribution in [0.1, 0.15) is 5.56 Å². The molecule has 6 heteroatoms. The number of amides is 1. The Kier molecular flexibility index (Phi) is 5.53. The molecule has 25 heavy (non-hydrogen) atoms. The zero-order valence-corrected chi connectivity index (χ0v) is 14.6.